The Bertz CT molecular complexity index is 407. The molecule has 2 rings (SSSR count). The molecule has 2 fully saturated rings. The van der Waals surface area contributed by atoms with Crippen molar-refractivity contribution in [3.05, 3.63) is 0 Å². The third-order valence-corrected chi connectivity index (χ3v) is 5.37. The smallest absolute Gasteiger partial charge is 0.225 e. The highest BCUT2D eigenvalue weighted by Crippen LogP contribution is 2.24. The zero-order chi connectivity index (χ0) is 17.2. The van der Waals surface area contributed by atoms with E-state index in [1.54, 1.807) is 4.90 Å². The Morgan fingerprint density at radius 1 is 0.792 bits per heavy atom. The second-order valence-electron chi connectivity index (χ2n) is 7.16. The van der Waals surface area contributed by atoms with Crippen LogP contribution < -0.4 is 0 Å². The molecule has 0 radical (unpaired) electrons. The molecule has 2 amide bonds. The van der Waals surface area contributed by atoms with Crippen LogP contribution in [0.25, 0.3) is 0 Å². The summed E-state index contributed by atoms with van der Waals surface area (Å²) in [4.78, 5) is 38.9. The molecule has 1 saturated carbocycles. The number of piperazine rings is 1. The number of hydrogen-bond acceptors (Lipinski definition) is 3. The van der Waals surface area contributed by atoms with Gasteiger partial charge in [-0.2, -0.15) is 0 Å². The molecule has 2 aliphatic rings. The van der Waals surface area contributed by atoms with E-state index in [2.05, 4.69) is 0 Å². The molecular weight excluding hydrogens is 304 g/mol. The molecular formula is C19H32N2O3. The predicted octanol–water partition coefficient (Wildman–Crippen LogP) is 2.78. The third-order valence-electron chi connectivity index (χ3n) is 5.37. The summed E-state index contributed by atoms with van der Waals surface area (Å²) in [6.45, 7) is 2.50. The average molecular weight is 336 g/mol. The zero-order valence-corrected chi connectivity index (χ0v) is 14.9. The Kier molecular flexibility index (Phi) is 8.26. The molecule has 1 aliphatic carbocycles. The highest BCUT2D eigenvalue weighted by atomic mass is 16.2. The Hall–Kier alpha value is -1.39. The second-order valence-corrected chi connectivity index (χ2v) is 7.16. The predicted molar refractivity (Wildman–Crippen MR) is 93.5 cm³/mol. The molecule has 24 heavy (non-hydrogen) atoms. The number of amides is 2. The van der Waals surface area contributed by atoms with E-state index < -0.39 is 0 Å². The van der Waals surface area contributed by atoms with Gasteiger partial charge in [0.2, 0.25) is 11.8 Å². The molecule has 0 aromatic heterocycles. The first kappa shape index (κ1) is 18.9. The van der Waals surface area contributed by atoms with Gasteiger partial charge in [0.1, 0.15) is 6.29 Å². The van der Waals surface area contributed by atoms with Crippen LogP contribution in [0.3, 0.4) is 0 Å². The molecule has 0 atom stereocenters. The Morgan fingerprint density at radius 3 is 1.83 bits per heavy atom. The number of rotatable bonds is 4. The first-order valence-electron chi connectivity index (χ1n) is 9.72. The summed E-state index contributed by atoms with van der Waals surface area (Å²) >= 11 is 0. The highest BCUT2D eigenvalue weighted by molar-refractivity contribution is 5.80. The lowest BCUT2D eigenvalue weighted by molar-refractivity contribution is -0.142. The average Bonchev–Trinajstić information content (AvgIpc) is 2.63. The van der Waals surface area contributed by atoms with Crippen LogP contribution in [0.15, 0.2) is 0 Å². The van der Waals surface area contributed by atoms with Gasteiger partial charge < -0.3 is 14.6 Å². The van der Waals surface area contributed by atoms with Gasteiger partial charge in [-0.15, -0.1) is 0 Å². The van der Waals surface area contributed by atoms with E-state index in [0.717, 1.165) is 19.1 Å². The molecule has 1 saturated heterocycles. The minimum absolute atomic E-state index is 0.0351. The van der Waals surface area contributed by atoms with Gasteiger partial charge in [0.25, 0.3) is 0 Å². The monoisotopic (exact) mass is 336 g/mol. The summed E-state index contributed by atoms with van der Waals surface area (Å²) in [6.07, 6.45) is 12.2. The summed E-state index contributed by atoms with van der Waals surface area (Å²) < 4.78 is 0. The van der Waals surface area contributed by atoms with E-state index in [1.165, 1.54) is 44.9 Å². The SMILES string of the molecule is O=CCCC(=O)N1CCN(C(=O)C2CCCCCCCCC2)CC1. The summed E-state index contributed by atoms with van der Waals surface area (Å²) in [5.74, 6) is 0.517. The fourth-order valence-corrected chi connectivity index (χ4v) is 3.83. The maximum absolute atomic E-state index is 12.8. The molecule has 0 N–H and O–H groups in total. The number of carbonyl (C=O) groups excluding carboxylic acids is 3. The first-order chi connectivity index (χ1) is 11.7. The Morgan fingerprint density at radius 2 is 1.29 bits per heavy atom. The molecule has 0 spiro atoms. The quantitative estimate of drug-likeness (QED) is 0.742. The van der Waals surface area contributed by atoms with Crippen LogP contribution in [0.4, 0.5) is 0 Å². The van der Waals surface area contributed by atoms with Crippen molar-refractivity contribution in [1.82, 2.24) is 9.80 Å². The lowest BCUT2D eigenvalue weighted by Crippen LogP contribution is -2.52. The minimum Gasteiger partial charge on any atom is -0.339 e. The van der Waals surface area contributed by atoms with Gasteiger partial charge in [-0.05, 0) is 12.8 Å². The van der Waals surface area contributed by atoms with Crippen molar-refractivity contribution in [3.8, 4) is 0 Å². The van der Waals surface area contributed by atoms with Crippen molar-refractivity contribution in [2.75, 3.05) is 26.2 Å². The molecule has 0 bridgehead atoms. The first-order valence-corrected chi connectivity index (χ1v) is 9.72. The third kappa shape index (κ3) is 5.91. The maximum Gasteiger partial charge on any atom is 0.225 e. The normalized spacial score (nSPS) is 21.3. The minimum atomic E-state index is 0.0351. The zero-order valence-electron chi connectivity index (χ0n) is 14.9. The van der Waals surface area contributed by atoms with Crippen LogP contribution in [0.5, 0.6) is 0 Å². The van der Waals surface area contributed by atoms with Crippen molar-refractivity contribution in [1.29, 1.82) is 0 Å². The van der Waals surface area contributed by atoms with Crippen molar-refractivity contribution in [2.24, 2.45) is 5.92 Å². The summed E-state index contributed by atoms with van der Waals surface area (Å²) in [5.41, 5.74) is 0. The lowest BCUT2D eigenvalue weighted by atomic mass is 9.91. The molecule has 5 heteroatoms. The van der Waals surface area contributed by atoms with E-state index in [9.17, 15) is 14.4 Å². The van der Waals surface area contributed by atoms with Gasteiger partial charge in [0, 0.05) is 44.9 Å². The second kappa shape index (κ2) is 10.5. The van der Waals surface area contributed by atoms with E-state index in [4.69, 9.17) is 0 Å². The molecule has 5 nitrogen and oxygen atoms in total. The van der Waals surface area contributed by atoms with Crippen LogP contribution in [-0.4, -0.2) is 54.1 Å². The summed E-state index contributed by atoms with van der Waals surface area (Å²) in [6, 6.07) is 0. The van der Waals surface area contributed by atoms with Gasteiger partial charge in [-0.3, -0.25) is 9.59 Å². The number of aldehydes is 1. The van der Waals surface area contributed by atoms with Gasteiger partial charge in [0.15, 0.2) is 0 Å². The van der Waals surface area contributed by atoms with E-state index in [1.807, 2.05) is 4.90 Å². The standard InChI is InChI=1S/C19H32N2O3/c22-16-8-11-18(23)20-12-14-21(15-13-20)19(24)17-9-6-4-2-1-3-5-7-10-17/h16-17H,1-15H2. The fourth-order valence-electron chi connectivity index (χ4n) is 3.83. The molecule has 0 unspecified atom stereocenters. The number of carbonyl (C=O) groups is 3. The number of nitrogens with zero attached hydrogens (tertiary/aromatic N) is 2. The van der Waals surface area contributed by atoms with E-state index >= 15 is 0 Å². The lowest BCUT2D eigenvalue weighted by Gasteiger charge is -2.36. The summed E-state index contributed by atoms with van der Waals surface area (Å²) in [7, 11) is 0. The van der Waals surface area contributed by atoms with Crippen molar-refractivity contribution >= 4 is 18.1 Å². The molecule has 0 aromatic rings. The van der Waals surface area contributed by atoms with Crippen LogP contribution in [0.1, 0.15) is 70.6 Å². The van der Waals surface area contributed by atoms with Gasteiger partial charge in [-0.25, -0.2) is 0 Å². The fraction of sp³-hybridized carbons (Fsp3) is 0.842. The van der Waals surface area contributed by atoms with Crippen LogP contribution >= 0.6 is 0 Å². The highest BCUT2D eigenvalue weighted by Gasteiger charge is 2.28. The topological polar surface area (TPSA) is 57.7 Å². The molecule has 136 valence electrons. The van der Waals surface area contributed by atoms with Crippen LogP contribution in [-0.2, 0) is 14.4 Å². The van der Waals surface area contributed by atoms with Gasteiger partial charge in [0.05, 0.1) is 0 Å². The molecule has 0 aromatic carbocycles. The van der Waals surface area contributed by atoms with Crippen LogP contribution in [0, 0.1) is 5.92 Å². The van der Waals surface area contributed by atoms with Gasteiger partial charge >= 0.3 is 0 Å². The van der Waals surface area contributed by atoms with Gasteiger partial charge in [-0.1, -0.05) is 44.9 Å². The van der Waals surface area contributed by atoms with Crippen molar-refractivity contribution in [3.63, 3.8) is 0 Å². The number of hydrogen-bond donors (Lipinski definition) is 0. The van der Waals surface area contributed by atoms with E-state index in [-0.39, 0.29) is 11.8 Å². The Balaban J connectivity index is 1.79. The largest absolute Gasteiger partial charge is 0.339 e. The van der Waals surface area contributed by atoms with Crippen molar-refractivity contribution in [2.45, 2.75) is 70.6 Å². The van der Waals surface area contributed by atoms with Crippen molar-refractivity contribution < 1.29 is 14.4 Å². The maximum atomic E-state index is 12.8. The summed E-state index contributed by atoms with van der Waals surface area (Å²) in [5, 5.41) is 0. The van der Waals surface area contributed by atoms with Crippen LogP contribution in [0.2, 0.25) is 0 Å². The molecule has 1 aliphatic heterocycles. The Labute approximate surface area is 145 Å². The van der Waals surface area contributed by atoms with E-state index in [0.29, 0.717) is 44.9 Å². The molecule has 1 heterocycles.